The molecule has 0 fully saturated rings. The molecule has 88 valence electrons. The van der Waals surface area contributed by atoms with E-state index in [9.17, 15) is 4.79 Å². The molecule has 0 aliphatic carbocycles. The summed E-state index contributed by atoms with van der Waals surface area (Å²) in [7, 11) is 0. The van der Waals surface area contributed by atoms with E-state index in [4.69, 9.17) is 4.74 Å². The van der Waals surface area contributed by atoms with Gasteiger partial charge in [0, 0.05) is 11.6 Å². The van der Waals surface area contributed by atoms with Crippen molar-refractivity contribution in [3.05, 3.63) is 32.3 Å². The van der Waals surface area contributed by atoms with Gasteiger partial charge in [-0.1, -0.05) is 0 Å². The van der Waals surface area contributed by atoms with Crippen LogP contribution in [0.1, 0.15) is 17.3 Å². The number of pyridine rings is 1. The van der Waals surface area contributed by atoms with Crippen molar-refractivity contribution in [1.82, 2.24) is 9.97 Å². The Balaban J connectivity index is 2.44. The number of carbonyl (C=O) groups is 1. The molecule has 0 saturated carbocycles. The van der Waals surface area contributed by atoms with E-state index in [0.717, 1.165) is 3.01 Å². The van der Waals surface area contributed by atoms with Gasteiger partial charge in [0.1, 0.15) is 11.4 Å². The van der Waals surface area contributed by atoms with Crippen LogP contribution in [-0.2, 0) is 4.74 Å². The van der Waals surface area contributed by atoms with Gasteiger partial charge >= 0.3 is 5.97 Å². The summed E-state index contributed by atoms with van der Waals surface area (Å²) in [5.41, 5.74) is 1.74. The Morgan fingerprint density at radius 1 is 1.59 bits per heavy atom. The molecule has 0 N–H and O–H groups in total. The maximum atomic E-state index is 11.8. The summed E-state index contributed by atoms with van der Waals surface area (Å²) >= 11 is 3.65. The molecule has 2 aromatic heterocycles. The Hall–Kier alpha value is -1.02. The van der Waals surface area contributed by atoms with Crippen molar-refractivity contribution in [3.8, 4) is 11.4 Å². The highest BCUT2D eigenvalue weighted by Crippen LogP contribution is 2.24. The highest BCUT2D eigenvalue weighted by atomic mass is 127. The molecule has 0 unspecified atom stereocenters. The van der Waals surface area contributed by atoms with E-state index in [1.165, 1.54) is 11.3 Å². The molecule has 0 aliphatic heterocycles. The van der Waals surface area contributed by atoms with Crippen LogP contribution in [0.2, 0.25) is 0 Å². The zero-order valence-electron chi connectivity index (χ0n) is 9.01. The maximum Gasteiger partial charge on any atom is 0.340 e. The Kier molecular flexibility index (Phi) is 4.06. The molecule has 2 heterocycles. The van der Waals surface area contributed by atoms with E-state index in [-0.39, 0.29) is 5.97 Å². The van der Waals surface area contributed by atoms with Gasteiger partial charge in [-0.3, -0.25) is 4.98 Å². The van der Waals surface area contributed by atoms with E-state index in [1.807, 2.05) is 5.38 Å². The van der Waals surface area contributed by atoms with Crippen LogP contribution in [0.5, 0.6) is 0 Å². The summed E-state index contributed by atoms with van der Waals surface area (Å²) in [6.07, 6.45) is 1.64. The molecule has 4 nitrogen and oxygen atoms in total. The molecule has 0 radical (unpaired) electrons. The molecule has 0 atom stereocenters. The zero-order valence-corrected chi connectivity index (χ0v) is 12.0. The first-order chi connectivity index (χ1) is 8.22. The zero-order chi connectivity index (χ0) is 12.3. The lowest BCUT2D eigenvalue weighted by molar-refractivity contribution is 0.0527. The number of halogens is 1. The number of thiazole rings is 1. The molecule has 2 aromatic rings. The number of rotatable bonds is 3. The van der Waals surface area contributed by atoms with Crippen molar-refractivity contribution in [1.29, 1.82) is 0 Å². The fourth-order valence-electron chi connectivity index (χ4n) is 1.34. The monoisotopic (exact) mass is 360 g/mol. The molecule has 0 saturated heterocycles. The first-order valence-corrected chi connectivity index (χ1v) is 6.91. The summed E-state index contributed by atoms with van der Waals surface area (Å²) in [5, 5.41) is 1.88. The first kappa shape index (κ1) is 12.4. The van der Waals surface area contributed by atoms with E-state index in [1.54, 1.807) is 25.3 Å². The Morgan fingerprint density at radius 2 is 2.41 bits per heavy atom. The molecular formula is C11H9IN2O2S. The van der Waals surface area contributed by atoms with Gasteiger partial charge in [-0.2, -0.15) is 0 Å². The second-order valence-corrected chi connectivity index (χ2v) is 5.72. The van der Waals surface area contributed by atoms with E-state index in [0.29, 0.717) is 23.6 Å². The van der Waals surface area contributed by atoms with Crippen LogP contribution in [-0.4, -0.2) is 22.5 Å². The molecule has 17 heavy (non-hydrogen) atoms. The molecule has 0 spiro atoms. The molecule has 6 heteroatoms. The van der Waals surface area contributed by atoms with Crippen LogP contribution < -0.4 is 0 Å². The third kappa shape index (κ3) is 2.81. The quantitative estimate of drug-likeness (QED) is 0.624. The third-order valence-corrected chi connectivity index (χ3v) is 3.65. The standard InChI is InChI=1S/C11H9IN2O2S/c1-2-16-10(15)7-4-3-5-13-9(7)8-6-17-11(12)14-8/h3-6H,2H2,1H3. The predicted molar refractivity (Wildman–Crippen MR) is 74.0 cm³/mol. The average molecular weight is 360 g/mol. The van der Waals surface area contributed by atoms with Crippen LogP contribution in [0, 0.1) is 3.01 Å². The van der Waals surface area contributed by atoms with Crippen LogP contribution in [0.4, 0.5) is 0 Å². The molecule has 0 aromatic carbocycles. The number of carbonyl (C=O) groups excluding carboxylic acids is 1. The second kappa shape index (κ2) is 5.54. The highest BCUT2D eigenvalue weighted by Gasteiger charge is 2.16. The fraction of sp³-hybridized carbons (Fsp3) is 0.182. The summed E-state index contributed by atoms with van der Waals surface area (Å²) in [6.45, 7) is 2.13. The molecule has 0 amide bonds. The van der Waals surface area contributed by atoms with Crippen molar-refractivity contribution < 1.29 is 9.53 Å². The number of aromatic nitrogens is 2. The van der Waals surface area contributed by atoms with Crippen LogP contribution in [0.25, 0.3) is 11.4 Å². The molecule has 0 bridgehead atoms. The largest absolute Gasteiger partial charge is 0.462 e. The van der Waals surface area contributed by atoms with Crippen molar-refractivity contribution in [3.63, 3.8) is 0 Å². The smallest absolute Gasteiger partial charge is 0.340 e. The second-order valence-electron chi connectivity index (χ2n) is 3.11. The summed E-state index contributed by atoms with van der Waals surface area (Å²) in [5.74, 6) is -0.362. The topological polar surface area (TPSA) is 52.1 Å². The molecule has 2 rings (SSSR count). The normalized spacial score (nSPS) is 10.2. The minimum atomic E-state index is -0.362. The Bertz CT molecular complexity index is 542. The van der Waals surface area contributed by atoms with E-state index in [2.05, 4.69) is 32.6 Å². The Labute approximate surface area is 116 Å². The van der Waals surface area contributed by atoms with Crippen molar-refractivity contribution >= 4 is 39.9 Å². The highest BCUT2D eigenvalue weighted by molar-refractivity contribution is 14.1. The first-order valence-electron chi connectivity index (χ1n) is 4.96. The van der Waals surface area contributed by atoms with E-state index < -0.39 is 0 Å². The SMILES string of the molecule is CCOC(=O)c1cccnc1-c1csc(I)n1. The lowest BCUT2D eigenvalue weighted by Crippen LogP contribution is -2.07. The summed E-state index contributed by atoms with van der Waals surface area (Å²) in [4.78, 5) is 20.3. The lowest BCUT2D eigenvalue weighted by atomic mass is 10.1. The van der Waals surface area contributed by atoms with Crippen LogP contribution in [0.15, 0.2) is 23.7 Å². The number of hydrogen-bond acceptors (Lipinski definition) is 5. The van der Waals surface area contributed by atoms with Gasteiger partial charge in [-0.15, -0.1) is 11.3 Å². The number of nitrogens with zero attached hydrogens (tertiary/aromatic N) is 2. The van der Waals surface area contributed by atoms with Gasteiger partial charge < -0.3 is 4.74 Å². The molecular weight excluding hydrogens is 351 g/mol. The van der Waals surface area contributed by atoms with Crippen molar-refractivity contribution in [2.24, 2.45) is 0 Å². The minimum Gasteiger partial charge on any atom is -0.462 e. The molecule has 0 aliphatic rings. The van der Waals surface area contributed by atoms with Crippen molar-refractivity contribution in [2.75, 3.05) is 6.61 Å². The van der Waals surface area contributed by atoms with E-state index >= 15 is 0 Å². The third-order valence-electron chi connectivity index (χ3n) is 2.02. The number of hydrogen-bond donors (Lipinski definition) is 0. The van der Waals surface area contributed by atoms with Gasteiger partial charge in [-0.05, 0) is 41.6 Å². The van der Waals surface area contributed by atoms with Gasteiger partial charge in [0.2, 0.25) is 0 Å². The fourth-order valence-corrected chi connectivity index (χ4v) is 2.51. The lowest BCUT2D eigenvalue weighted by Gasteiger charge is -2.05. The van der Waals surface area contributed by atoms with Crippen LogP contribution in [0.3, 0.4) is 0 Å². The number of ether oxygens (including phenoxy) is 1. The minimum absolute atomic E-state index is 0.349. The van der Waals surface area contributed by atoms with Gasteiger partial charge in [0.25, 0.3) is 0 Å². The van der Waals surface area contributed by atoms with Crippen LogP contribution >= 0.6 is 33.9 Å². The van der Waals surface area contributed by atoms with Gasteiger partial charge in [-0.25, -0.2) is 9.78 Å². The summed E-state index contributed by atoms with van der Waals surface area (Å²) < 4.78 is 5.91. The Morgan fingerprint density at radius 3 is 3.06 bits per heavy atom. The average Bonchev–Trinajstić information content (AvgIpc) is 2.76. The van der Waals surface area contributed by atoms with Crippen molar-refractivity contribution in [2.45, 2.75) is 6.92 Å². The predicted octanol–water partition coefficient (Wildman–Crippen LogP) is 2.99. The summed E-state index contributed by atoms with van der Waals surface area (Å²) in [6, 6.07) is 3.42. The van der Waals surface area contributed by atoms with Gasteiger partial charge in [0.15, 0.2) is 3.01 Å². The van der Waals surface area contributed by atoms with Gasteiger partial charge in [0.05, 0.1) is 12.2 Å². The maximum absolute atomic E-state index is 11.8. The number of esters is 1.